The molecule has 0 radical (unpaired) electrons. The van der Waals surface area contributed by atoms with Crippen molar-refractivity contribution in [3.05, 3.63) is 138 Å². The van der Waals surface area contributed by atoms with Crippen molar-refractivity contribution in [1.82, 2.24) is 0 Å². The summed E-state index contributed by atoms with van der Waals surface area (Å²) in [4.78, 5) is 23.5. The predicted octanol–water partition coefficient (Wildman–Crippen LogP) is 7.24. The average molecular weight is 586 g/mol. The van der Waals surface area contributed by atoms with Crippen molar-refractivity contribution in [1.29, 1.82) is 0 Å². The number of carboxylic acid groups (broad SMARTS) is 2. The molecule has 6 heteroatoms. The van der Waals surface area contributed by atoms with E-state index in [2.05, 4.69) is 37.3 Å². The molecule has 2 aliphatic carbocycles. The normalized spacial score (nSPS) is 16.5. The molecule has 0 saturated heterocycles. The number of carbonyl (C=O) groups is 2. The minimum absolute atomic E-state index is 0.0681. The van der Waals surface area contributed by atoms with Crippen LogP contribution in [0.5, 0.6) is 0 Å². The quantitative estimate of drug-likeness (QED) is 0.259. The van der Waals surface area contributed by atoms with Crippen molar-refractivity contribution in [2.45, 2.75) is 38.5 Å². The standard InChI is InChI=1S/C29H25ClO4.C6H5Cl/c1-2-17-15-25-20(5-4-8-26(25)30)21-12-10-18-13-16(9-11-19(18)27(17)21)14-24-22(28(31)32)6-3-7-23(24)29(33)34;7-6-4-2-1-3-5-6/h3-8,10,12-13,15-17H,2,9,11,14H2,1H3,(H,31,32)(H,33,34);1-5H. The average Bonchev–Trinajstić information content (AvgIpc) is 2.97. The van der Waals surface area contributed by atoms with Crippen molar-refractivity contribution in [2.24, 2.45) is 5.92 Å². The Hall–Kier alpha value is -3.86. The van der Waals surface area contributed by atoms with Gasteiger partial charge in [0, 0.05) is 16.0 Å². The van der Waals surface area contributed by atoms with Crippen LogP contribution in [0.4, 0.5) is 0 Å². The summed E-state index contributed by atoms with van der Waals surface area (Å²) in [6.45, 7) is 2.19. The van der Waals surface area contributed by atoms with Gasteiger partial charge < -0.3 is 10.2 Å². The molecule has 4 nitrogen and oxygen atoms in total. The van der Waals surface area contributed by atoms with Crippen molar-refractivity contribution < 1.29 is 19.8 Å². The minimum Gasteiger partial charge on any atom is -0.478 e. The molecule has 0 aromatic heterocycles. The number of carboxylic acids is 2. The molecule has 2 unspecified atom stereocenters. The van der Waals surface area contributed by atoms with Gasteiger partial charge in [0.25, 0.3) is 0 Å². The van der Waals surface area contributed by atoms with Crippen molar-refractivity contribution >= 4 is 47.3 Å². The maximum atomic E-state index is 11.8. The zero-order valence-corrected chi connectivity index (χ0v) is 24.1. The zero-order valence-electron chi connectivity index (χ0n) is 22.6. The highest BCUT2D eigenvalue weighted by atomic mass is 35.5. The molecule has 2 aliphatic rings. The van der Waals surface area contributed by atoms with E-state index in [1.165, 1.54) is 39.8 Å². The zero-order chi connectivity index (χ0) is 29.1. The number of hydrogen-bond donors (Lipinski definition) is 2. The Bertz CT molecular complexity index is 1820. The molecule has 0 spiro atoms. The van der Waals surface area contributed by atoms with Gasteiger partial charge >= 0.3 is 11.9 Å². The molecule has 2 atom stereocenters. The maximum Gasteiger partial charge on any atom is 0.335 e. The fourth-order valence-electron chi connectivity index (χ4n) is 6.04. The van der Waals surface area contributed by atoms with Crippen molar-refractivity contribution in [3.8, 4) is 0 Å². The molecule has 4 aromatic carbocycles. The molecular weight excluding hydrogens is 555 g/mol. The van der Waals surface area contributed by atoms with E-state index >= 15 is 0 Å². The van der Waals surface area contributed by atoms with Crippen LogP contribution in [0.2, 0.25) is 10.0 Å². The molecule has 41 heavy (non-hydrogen) atoms. The maximum absolute atomic E-state index is 11.8. The van der Waals surface area contributed by atoms with Gasteiger partial charge in [0.1, 0.15) is 0 Å². The summed E-state index contributed by atoms with van der Waals surface area (Å²) < 4.78 is 0. The third-order valence-electron chi connectivity index (χ3n) is 7.93. The first kappa shape index (κ1) is 28.7. The van der Waals surface area contributed by atoms with Gasteiger partial charge in [0.2, 0.25) is 0 Å². The summed E-state index contributed by atoms with van der Waals surface area (Å²) in [7, 11) is 0. The molecule has 6 rings (SSSR count). The van der Waals surface area contributed by atoms with Crippen LogP contribution in [-0.2, 0) is 12.8 Å². The third kappa shape index (κ3) is 5.95. The Morgan fingerprint density at radius 2 is 1.49 bits per heavy atom. The van der Waals surface area contributed by atoms with E-state index < -0.39 is 11.9 Å². The van der Waals surface area contributed by atoms with Gasteiger partial charge in [-0.1, -0.05) is 90.8 Å². The fraction of sp³-hybridized carbons (Fsp3) is 0.200. The molecule has 0 saturated carbocycles. The monoisotopic (exact) mass is 584 g/mol. The van der Waals surface area contributed by atoms with Crippen LogP contribution < -0.4 is 10.4 Å². The lowest BCUT2D eigenvalue weighted by molar-refractivity contribution is 0.0695. The Balaban J connectivity index is 0.000000423. The second kappa shape index (κ2) is 12.3. The van der Waals surface area contributed by atoms with Gasteiger partial charge in [-0.25, -0.2) is 9.59 Å². The third-order valence-corrected chi connectivity index (χ3v) is 8.51. The van der Waals surface area contributed by atoms with Crippen LogP contribution in [0.3, 0.4) is 0 Å². The van der Waals surface area contributed by atoms with Crippen molar-refractivity contribution in [3.63, 3.8) is 0 Å². The lowest BCUT2D eigenvalue weighted by Gasteiger charge is -2.26. The molecule has 0 amide bonds. The van der Waals surface area contributed by atoms with Gasteiger partial charge in [-0.2, -0.15) is 0 Å². The SMILES string of the molecule is CCC1C=c2c(Cl)cccc2=c2ccc3c(c21)CCC(Cc1c(C(=O)O)cccc1C(=O)O)C=3.Clc1ccccc1. The second-order valence-electron chi connectivity index (χ2n) is 10.4. The van der Waals surface area contributed by atoms with Gasteiger partial charge in [-0.05, 0) is 99.5 Å². The number of aromatic carboxylic acids is 2. The first-order valence-corrected chi connectivity index (χ1v) is 14.5. The van der Waals surface area contributed by atoms with Crippen LogP contribution in [-0.4, -0.2) is 22.2 Å². The summed E-state index contributed by atoms with van der Waals surface area (Å²) in [6.07, 6.45) is 7.57. The van der Waals surface area contributed by atoms with E-state index in [-0.39, 0.29) is 23.0 Å². The largest absolute Gasteiger partial charge is 0.478 e. The number of rotatable bonds is 5. The Labute approximate surface area is 248 Å². The summed E-state index contributed by atoms with van der Waals surface area (Å²) in [6, 6.07) is 24.3. The highest BCUT2D eigenvalue weighted by molar-refractivity contribution is 6.30. The second-order valence-corrected chi connectivity index (χ2v) is 11.2. The number of halogens is 2. The Kier molecular flexibility index (Phi) is 8.63. The molecule has 208 valence electrons. The number of fused-ring (bicyclic) bond motifs is 4. The molecule has 4 aromatic rings. The predicted molar refractivity (Wildman–Crippen MR) is 164 cm³/mol. The van der Waals surface area contributed by atoms with Crippen LogP contribution in [0, 0.1) is 16.4 Å². The summed E-state index contributed by atoms with van der Waals surface area (Å²) in [5, 5.41) is 25.5. The highest BCUT2D eigenvalue weighted by Gasteiger charge is 2.25. The van der Waals surface area contributed by atoms with E-state index in [0.717, 1.165) is 39.7 Å². The fourth-order valence-corrected chi connectivity index (χ4v) is 6.42. The van der Waals surface area contributed by atoms with Gasteiger partial charge in [-0.3, -0.25) is 0 Å². The molecular formula is C35H30Cl2O4. The lowest BCUT2D eigenvalue weighted by Crippen LogP contribution is -2.26. The number of hydrogen-bond acceptors (Lipinski definition) is 2. The molecule has 2 N–H and O–H groups in total. The van der Waals surface area contributed by atoms with E-state index in [1.807, 2.05) is 42.5 Å². The molecule has 0 aliphatic heterocycles. The lowest BCUT2D eigenvalue weighted by atomic mass is 9.78. The van der Waals surface area contributed by atoms with Gasteiger partial charge in [0.05, 0.1) is 11.1 Å². The van der Waals surface area contributed by atoms with E-state index in [1.54, 1.807) is 0 Å². The molecule has 0 bridgehead atoms. The summed E-state index contributed by atoms with van der Waals surface area (Å²) in [5.41, 5.74) is 3.24. The number of benzene rings is 4. The van der Waals surface area contributed by atoms with Gasteiger partial charge in [-0.15, -0.1) is 0 Å². The highest BCUT2D eigenvalue weighted by Crippen LogP contribution is 2.32. The van der Waals surface area contributed by atoms with Crippen LogP contribution >= 0.6 is 23.2 Å². The first-order valence-electron chi connectivity index (χ1n) is 13.7. The van der Waals surface area contributed by atoms with Crippen molar-refractivity contribution in [2.75, 3.05) is 0 Å². The van der Waals surface area contributed by atoms with Crippen LogP contribution in [0.1, 0.15) is 63.1 Å². The summed E-state index contributed by atoms with van der Waals surface area (Å²) >= 11 is 12.1. The minimum atomic E-state index is -1.10. The van der Waals surface area contributed by atoms with E-state index in [4.69, 9.17) is 23.2 Å². The van der Waals surface area contributed by atoms with Crippen LogP contribution in [0.15, 0.2) is 78.9 Å². The molecule has 0 fully saturated rings. The van der Waals surface area contributed by atoms with Gasteiger partial charge in [0.15, 0.2) is 0 Å². The van der Waals surface area contributed by atoms with E-state index in [0.29, 0.717) is 12.0 Å². The summed E-state index contributed by atoms with van der Waals surface area (Å²) in [5.74, 6) is -1.84. The Morgan fingerprint density at radius 1 is 0.805 bits per heavy atom. The smallest absolute Gasteiger partial charge is 0.335 e. The van der Waals surface area contributed by atoms with E-state index in [9.17, 15) is 19.8 Å². The Morgan fingerprint density at radius 3 is 2.10 bits per heavy atom. The first-order chi connectivity index (χ1) is 19.8. The topological polar surface area (TPSA) is 74.6 Å². The molecule has 0 heterocycles. The van der Waals surface area contributed by atoms with Crippen LogP contribution in [0.25, 0.3) is 12.2 Å².